The van der Waals surface area contributed by atoms with Gasteiger partial charge in [-0.05, 0) is 36.7 Å². The molecule has 1 unspecified atom stereocenters. The Morgan fingerprint density at radius 2 is 2.13 bits per heavy atom. The molecule has 0 bridgehead atoms. The molecule has 1 rings (SSSR count). The smallest absolute Gasteiger partial charge is 0.0657 e. The topological polar surface area (TPSA) is 21.3 Å². The molecule has 0 aliphatic rings. The number of likely N-dealkylation sites (N-methyl/N-ethyl adjacent to an activating group) is 1. The molecule has 0 aliphatic carbocycles. The maximum atomic E-state index is 6.03. The van der Waals surface area contributed by atoms with Crippen molar-refractivity contribution >= 4 is 11.6 Å². The molecule has 1 aromatic rings. The first-order chi connectivity index (χ1) is 7.17. The second-order valence-electron chi connectivity index (χ2n) is 3.63. The summed E-state index contributed by atoms with van der Waals surface area (Å²) in [6.07, 6.45) is 0. The molecule has 0 fully saturated rings. The molecule has 15 heavy (non-hydrogen) atoms. The maximum Gasteiger partial charge on any atom is 0.0657 e. The van der Waals surface area contributed by atoms with E-state index in [9.17, 15) is 0 Å². The first kappa shape index (κ1) is 12.5. The summed E-state index contributed by atoms with van der Waals surface area (Å²) in [6, 6.07) is 6.30. The summed E-state index contributed by atoms with van der Waals surface area (Å²) in [5.41, 5.74) is 2.36. The fraction of sp³-hybridized carbons (Fsp3) is 0.500. The number of rotatable bonds is 5. The van der Waals surface area contributed by atoms with E-state index in [1.54, 1.807) is 7.11 Å². The molecule has 0 saturated heterocycles. The summed E-state index contributed by atoms with van der Waals surface area (Å²) in [5, 5.41) is 4.15. The Bertz CT molecular complexity index is 288. The van der Waals surface area contributed by atoms with E-state index in [1.165, 1.54) is 11.1 Å². The van der Waals surface area contributed by atoms with Crippen LogP contribution in [0.15, 0.2) is 18.2 Å². The van der Waals surface area contributed by atoms with Crippen LogP contribution >= 0.6 is 11.6 Å². The average molecular weight is 228 g/mol. The number of benzene rings is 1. The van der Waals surface area contributed by atoms with Gasteiger partial charge in [-0.1, -0.05) is 24.6 Å². The largest absolute Gasteiger partial charge is 0.383 e. The van der Waals surface area contributed by atoms with Crippen LogP contribution in [0.25, 0.3) is 0 Å². The Morgan fingerprint density at radius 1 is 1.40 bits per heavy atom. The van der Waals surface area contributed by atoms with Crippen molar-refractivity contribution in [3.8, 4) is 0 Å². The van der Waals surface area contributed by atoms with Crippen LogP contribution in [-0.2, 0) is 4.74 Å². The highest BCUT2D eigenvalue weighted by Gasteiger charge is 2.10. The monoisotopic (exact) mass is 227 g/mol. The van der Waals surface area contributed by atoms with Crippen LogP contribution in [0.1, 0.15) is 24.1 Å². The third-order valence-corrected chi connectivity index (χ3v) is 2.47. The van der Waals surface area contributed by atoms with Crippen molar-refractivity contribution in [3.05, 3.63) is 34.3 Å². The number of hydrogen-bond donors (Lipinski definition) is 1. The molecule has 0 saturated carbocycles. The molecule has 1 aromatic carbocycles. The third kappa shape index (κ3) is 3.82. The molecule has 0 aromatic heterocycles. The van der Waals surface area contributed by atoms with E-state index in [4.69, 9.17) is 16.3 Å². The van der Waals surface area contributed by atoms with E-state index < -0.39 is 0 Å². The van der Waals surface area contributed by atoms with Gasteiger partial charge in [0.2, 0.25) is 0 Å². The van der Waals surface area contributed by atoms with Crippen molar-refractivity contribution in [2.24, 2.45) is 0 Å². The highest BCUT2D eigenvalue weighted by Crippen LogP contribution is 2.20. The summed E-state index contributed by atoms with van der Waals surface area (Å²) >= 11 is 6.03. The van der Waals surface area contributed by atoms with E-state index in [1.807, 2.05) is 19.1 Å². The van der Waals surface area contributed by atoms with Crippen LogP contribution in [0, 0.1) is 6.92 Å². The molecule has 0 heterocycles. The quantitative estimate of drug-likeness (QED) is 0.835. The predicted octanol–water partition coefficient (Wildman–Crippen LogP) is 2.95. The molecule has 0 amide bonds. The molecule has 1 N–H and O–H groups in total. The van der Waals surface area contributed by atoms with Gasteiger partial charge in [-0.2, -0.15) is 0 Å². The Morgan fingerprint density at radius 3 is 2.67 bits per heavy atom. The van der Waals surface area contributed by atoms with Gasteiger partial charge in [0.15, 0.2) is 0 Å². The lowest BCUT2D eigenvalue weighted by molar-refractivity contribution is 0.168. The summed E-state index contributed by atoms with van der Waals surface area (Å²) in [7, 11) is 1.71. The molecular formula is C12H18ClNO. The molecule has 84 valence electrons. The van der Waals surface area contributed by atoms with Gasteiger partial charge >= 0.3 is 0 Å². The second-order valence-corrected chi connectivity index (χ2v) is 4.06. The summed E-state index contributed by atoms with van der Waals surface area (Å²) in [5.74, 6) is 0. The standard InChI is InChI=1S/C12H18ClNO/c1-4-14-12(8-15-3)10-5-9(2)6-11(13)7-10/h5-7,12,14H,4,8H2,1-3H3. The van der Waals surface area contributed by atoms with Crippen molar-refractivity contribution in [1.82, 2.24) is 5.32 Å². The van der Waals surface area contributed by atoms with Crippen LogP contribution in [0.4, 0.5) is 0 Å². The fourth-order valence-corrected chi connectivity index (χ4v) is 1.95. The molecule has 0 aliphatic heterocycles. The van der Waals surface area contributed by atoms with Crippen molar-refractivity contribution in [1.29, 1.82) is 0 Å². The number of aryl methyl sites for hydroxylation is 1. The molecule has 3 heteroatoms. The summed E-state index contributed by atoms with van der Waals surface area (Å²) in [4.78, 5) is 0. The molecule has 1 atom stereocenters. The van der Waals surface area contributed by atoms with E-state index in [-0.39, 0.29) is 6.04 Å². The zero-order valence-corrected chi connectivity index (χ0v) is 10.3. The Balaban J connectivity index is 2.88. The van der Waals surface area contributed by atoms with Gasteiger partial charge in [0.25, 0.3) is 0 Å². The van der Waals surface area contributed by atoms with Crippen molar-refractivity contribution < 1.29 is 4.74 Å². The highest BCUT2D eigenvalue weighted by molar-refractivity contribution is 6.30. The molecule has 2 nitrogen and oxygen atoms in total. The van der Waals surface area contributed by atoms with Gasteiger partial charge in [0.1, 0.15) is 0 Å². The van der Waals surface area contributed by atoms with Crippen LogP contribution in [0.5, 0.6) is 0 Å². The minimum absolute atomic E-state index is 0.220. The number of methoxy groups -OCH3 is 1. The first-order valence-electron chi connectivity index (χ1n) is 5.16. The van der Waals surface area contributed by atoms with Crippen molar-refractivity contribution in [2.75, 3.05) is 20.3 Å². The highest BCUT2D eigenvalue weighted by atomic mass is 35.5. The van der Waals surface area contributed by atoms with Crippen LogP contribution < -0.4 is 5.32 Å². The second kappa shape index (κ2) is 6.11. The summed E-state index contributed by atoms with van der Waals surface area (Å²) in [6.45, 7) is 5.71. The molecule has 0 spiro atoms. The Hall–Kier alpha value is -0.570. The third-order valence-electron chi connectivity index (χ3n) is 2.25. The van der Waals surface area contributed by atoms with Gasteiger partial charge in [-0.25, -0.2) is 0 Å². The lowest BCUT2D eigenvalue weighted by Gasteiger charge is -2.18. The predicted molar refractivity (Wildman–Crippen MR) is 64.5 cm³/mol. The normalized spacial score (nSPS) is 12.8. The van der Waals surface area contributed by atoms with Crippen LogP contribution in [0.2, 0.25) is 5.02 Å². The Labute approximate surface area is 96.6 Å². The van der Waals surface area contributed by atoms with Crippen molar-refractivity contribution in [2.45, 2.75) is 19.9 Å². The van der Waals surface area contributed by atoms with E-state index in [0.717, 1.165) is 11.6 Å². The molecule has 0 radical (unpaired) electrons. The fourth-order valence-electron chi connectivity index (χ4n) is 1.65. The van der Waals surface area contributed by atoms with Crippen molar-refractivity contribution in [3.63, 3.8) is 0 Å². The van der Waals surface area contributed by atoms with Crippen LogP contribution in [-0.4, -0.2) is 20.3 Å². The van der Waals surface area contributed by atoms with E-state index in [2.05, 4.69) is 18.3 Å². The Kier molecular flexibility index (Phi) is 5.09. The first-order valence-corrected chi connectivity index (χ1v) is 5.54. The maximum absolute atomic E-state index is 6.03. The van der Waals surface area contributed by atoms with Gasteiger partial charge in [-0.3, -0.25) is 0 Å². The van der Waals surface area contributed by atoms with Gasteiger partial charge in [0, 0.05) is 12.1 Å². The van der Waals surface area contributed by atoms with Crippen LogP contribution in [0.3, 0.4) is 0 Å². The number of hydrogen-bond acceptors (Lipinski definition) is 2. The van der Waals surface area contributed by atoms with E-state index in [0.29, 0.717) is 6.61 Å². The SMILES string of the molecule is CCNC(COC)c1cc(C)cc(Cl)c1. The minimum Gasteiger partial charge on any atom is -0.383 e. The molecular weight excluding hydrogens is 210 g/mol. The number of nitrogens with one attached hydrogen (secondary N) is 1. The lowest BCUT2D eigenvalue weighted by Crippen LogP contribution is -2.24. The number of ether oxygens (including phenoxy) is 1. The average Bonchev–Trinajstić information content (AvgIpc) is 2.16. The van der Waals surface area contributed by atoms with Gasteiger partial charge in [-0.15, -0.1) is 0 Å². The van der Waals surface area contributed by atoms with Gasteiger partial charge < -0.3 is 10.1 Å². The minimum atomic E-state index is 0.220. The van der Waals surface area contributed by atoms with E-state index >= 15 is 0 Å². The van der Waals surface area contributed by atoms with Gasteiger partial charge in [0.05, 0.1) is 12.6 Å². The number of halogens is 1. The zero-order chi connectivity index (χ0) is 11.3. The zero-order valence-electron chi connectivity index (χ0n) is 9.51. The lowest BCUT2D eigenvalue weighted by atomic mass is 10.1. The summed E-state index contributed by atoms with van der Waals surface area (Å²) < 4.78 is 5.19.